The second-order valence-electron chi connectivity index (χ2n) is 10.8. The predicted octanol–water partition coefficient (Wildman–Crippen LogP) is 2.92. The molecule has 2 N–H and O–H groups in total. The van der Waals surface area contributed by atoms with Crippen molar-refractivity contribution in [3.63, 3.8) is 0 Å². The molecule has 0 aliphatic carbocycles. The van der Waals surface area contributed by atoms with E-state index in [0.717, 1.165) is 55.5 Å². The number of aromatic nitrogens is 4. The first-order chi connectivity index (χ1) is 20.9. The minimum Gasteiger partial charge on any atom is -0.461 e. The molecule has 43 heavy (non-hydrogen) atoms. The van der Waals surface area contributed by atoms with Crippen molar-refractivity contribution in [2.45, 2.75) is 45.1 Å². The largest absolute Gasteiger partial charge is 0.461 e. The third-order valence-corrected chi connectivity index (χ3v) is 7.62. The number of likely N-dealkylation sites (tertiary alicyclic amines) is 2. The molecule has 1 aromatic carbocycles. The van der Waals surface area contributed by atoms with E-state index >= 15 is 0 Å². The number of guanidine groups is 1. The summed E-state index contributed by atoms with van der Waals surface area (Å²) in [4.78, 5) is 56.2. The number of aliphatic imine (C=N–C) groups is 1. The number of anilines is 1. The number of carbonyl (C=O) groups excluding carboxylic acids is 3. The summed E-state index contributed by atoms with van der Waals surface area (Å²) < 4.78 is 7.18. The van der Waals surface area contributed by atoms with E-state index in [0.29, 0.717) is 30.0 Å². The van der Waals surface area contributed by atoms with Crippen molar-refractivity contribution < 1.29 is 18.8 Å². The van der Waals surface area contributed by atoms with E-state index in [2.05, 4.69) is 25.7 Å². The molecule has 2 aliphatic heterocycles. The van der Waals surface area contributed by atoms with Gasteiger partial charge in [-0.05, 0) is 75.4 Å². The molecule has 5 heterocycles. The fraction of sp³-hybridized carbons (Fsp3) is 0.367. The Bertz CT molecular complexity index is 1640. The van der Waals surface area contributed by atoms with Crippen LogP contribution in [0.5, 0.6) is 0 Å². The summed E-state index contributed by atoms with van der Waals surface area (Å²) in [5.74, 6) is 0.703. The summed E-state index contributed by atoms with van der Waals surface area (Å²) in [6, 6.07) is 9.98. The summed E-state index contributed by atoms with van der Waals surface area (Å²) in [5, 5.41) is 11.0. The van der Waals surface area contributed by atoms with Gasteiger partial charge in [0.15, 0.2) is 5.82 Å². The highest BCUT2D eigenvalue weighted by molar-refractivity contribution is 6.10. The number of aryl methyl sites for hydroxylation is 1. The van der Waals surface area contributed by atoms with Crippen LogP contribution in [0.1, 0.15) is 48.2 Å². The summed E-state index contributed by atoms with van der Waals surface area (Å²) in [7, 11) is 0. The highest BCUT2D eigenvalue weighted by atomic mass is 16.3. The molecule has 222 valence electrons. The Balaban J connectivity index is 1.25. The molecule has 3 amide bonds. The van der Waals surface area contributed by atoms with Crippen LogP contribution in [0.15, 0.2) is 64.7 Å². The highest BCUT2D eigenvalue weighted by Gasteiger charge is 2.30. The van der Waals surface area contributed by atoms with Gasteiger partial charge in [-0.2, -0.15) is 5.10 Å². The molecular weight excluding hydrogens is 550 g/mol. The lowest BCUT2D eigenvalue weighted by atomic mass is 10.1. The number of pyridine rings is 1. The Morgan fingerprint density at radius 3 is 2.67 bits per heavy atom. The average Bonchev–Trinajstić information content (AvgIpc) is 3.78. The van der Waals surface area contributed by atoms with Gasteiger partial charge >= 0.3 is 0 Å². The topological polar surface area (TPSA) is 151 Å². The number of rotatable bonds is 6. The third kappa shape index (κ3) is 6.55. The third-order valence-electron chi connectivity index (χ3n) is 7.62. The molecule has 6 rings (SSSR count). The zero-order valence-corrected chi connectivity index (χ0v) is 23.9. The van der Waals surface area contributed by atoms with E-state index in [1.807, 2.05) is 36.1 Å². The smallest absolute Gasteiger partial charge is 0.259 e. The van der Waals surface area contributed by atoms with Gasteiger partial charge in [-0.1, -0.05) is 0 Å². The van der Waals surface area contributed by atoms with Gasteiger partial charge in [-0.3, -0.25) is 19.7 Å². The van der Waals surface area contributed by atoms with Crippen molar-refractivity contribution in [2.24, 2.45) is 4.99 Å². The van der Waals surface area contributed by atoms with Crippen molar-refractivity contribution >= 4 is 40.3 Å². The normalized spacial score (nSPS) is 17.7. The Labute approximate surface area is 248 Å². The second kappa shape index (κ2) is 12.4. The molecule has 1 atom stereocenters. The lowest BCUT2D eigenvalue weighted by molar-refractivity contribution is -0.140. The zero-order chi connectivity index (χ0) is 29.8. The zero-order valence-electron chi connectivity index (χ0n) is 23.9. The van der Waals surface area contributed by atoms with E-state index in [1.165, 1.54) is 23.5 Å². The molecule has 3 aromatic heterocycles. The lowest BCUT2D eigenvalue weighted by Crippen LogP contribution is -2.45. The first-order valence-electron chi connectivity index (χ1n) is 14.5. The van der Waals surface area contributed by atoms with Crippen LogP contribution < -0.4 is 10.6 Å². The van der Waals surface area contributed by atoms with E-state index in [4.69, 9.17) is 9.41 Å². The predicted molar refractivity (Wildman–Crippen MR) is 159 cm³/mol. The van der Waals surface area contributed by atoms with Gasteiger partial charge in [0.05, 0.1) is 12.1 Å². The molecule has 2 aliphatic rings. The van der Waals surface area contributed by atoms with Crippen molar-refractivity contribution in [3.05, 3.63) is 66.6 Å². The molecule has 0 unspecified atom stereocenters. The summed E-state index contributed by atoms with van der Waals surface area (Å²) in [6.07, 6.45) is 8.38. The van der Waals surface area contributed by atoms with Crippen LogP contribution in [0.25, 0.3) is 16.8 Å². The number of benzene rings is 1. The van der Waals surface area contributed by atoms with Crippen LogP contribution in [-0.4, -0.2) is 85.5 Å². The number of furan rings is 1. The molecule has 13 heteroatoms. The maximum atomic E-state index is 13.6. The monoisotopic (exact) mass is 583 g/mol. The van der Waals surface area contributed by atoms with E-state index in [-0.39, 0.29) is 24.3 Å². The molecule has 0 saturated carbocycles. The van der Waals surface area contributed by atoms with E-state index in [9.17, 15) is 14.4 Å². The maximum absolute atomic E-state index is 13.6. The number of nitrogens with one attached hydrogen (secondary N) is 2. The molecule has 4 aromatic rings. The minimum absolute atomic E-state index is 0.0346. The van der Waals surface area contributed by atoms with Crippen LogP contribution in [-0.2, 0) is 9.59 Å². The van der Waals surface area contributed by atoms with E-state index in [1.54, 1.807) is 17.0 Å². The van der Waals surface area contributed by atoms with Crippen molar-refractivity contribution in [1.82, 2.24) is 34.9 Å². The number of amides is 3. The van der Waals surface area contributed by atoms with Crippen LogP contribution in [0.2, 0.25) is 0 Å². The van der Waals surface area contributed by atoms with Crippen molar-refractivity contribution in [3.8, 4) is 5.82 Å². The molecule has 2 fully saturated rings. The standard InChI is InChI=1S/C30H33N9O4/c1-20-14-22-15-23(8-9-25(22)43-20)34-30(36-28(41)21-7-10-26(32-16-21)39-19-31-18-33-39)35-24-6-2-3-13-38(29(24)42)17-27(40)37-11-4-5-12-37/h7-10,14-16,18-19,24H,2-6,11-13,17H2,1H3,(H2,34,35,36,41)/t24-/m0/s1. The first-order valence-corrected chi connectivity index (χ1v) is 14.5. The van der Waals surface area contributed by atoms with E-state index < -0.39 is 11.9 Å². The van der Waals surface area contributed by atoms with Gasteiger partial charge in [0.2, 0.25) is 17.8 Å². The van der Waals surface area contributed by atoms with Crippen LogP contribution in [0.4, 0.5) is 5.69 Å². The Kier molecular flexibility index (Phi) is 8.11. The molecule has 0 bridgehead atoms. The SMILES string of the molecule is Cc1cc2cc(NC(=N[C@H]3CCCCN(CC(=O)N4CCCC4)C3=O)NC(=O)c3ccc(-n4cncn4)nc3)ccc2o1. The Morgan fingerprint density at radius 1 is 1.07 bits per heavy atom. The van der Waals surface area contributed by atoms with Gasteiger partial charge < -0.3 is 19.5 Å². The fourth-order valence-electron chi connectivity index (χ4n) is 5.40. The number of hydrogen-bond donors (Lipinski definition) is 2. The average molecular weight is 584 g/mol. The van der Waals surface area contributed by atoms with Crippen molar-refractivity contribution in [2.75, 3.05) is 31.5 Å². The quantitative estimate of drug-likeness (QED) is 0.260. The van der Waals surface area contributed by atoms with Gasteiger partial charge in [0.25, 0.3) is 5.91 Å². The summed E-state index contributed by atoms with van der Waals surface area (Å²) >= 11 is 0. The van der Waals surface area contributed by atoms with Gasteiger partial charge in [-0.15, -0.1) is 0 Å². The maximum Gasteiger partial charge on any atom is 0.259 e. The number of hydrogen-bond acceptors (Lipinski definition) is 8. The van der Waals surface area contributed by atoms with Gasteiger partial charge in [0.1, 0.15) is 30.0 Å². The molecule has 2 saturated heterocycles. The second-order valence-corrected chi connectivity index (χ2v) is 10.8. The number of nitrogens with zero attached hydrogens (tertiary/aromatic N) is 7. The van der Waals surface area contributed by atoms with Crippen LogP contribution >= 0.6 is 0 Å². The Morgan fingerprint density at radius 2 is 1.91 bits per heavy atom. The minimum atomic E-state index is -0.760. The molecule has 13 nitrogen and oxygen atoms in total. The first kappa shape index (κ1) is 28.1. The molecule has 0 spiro atoms. The van der Waals surface area contributed by atoms with Crippen LogP contribution in [0, 0.1) is 6.92 Å². The molecule has 0 radical (unpaired) electrons. The highest BCUT2D eigenvalue weighted by Crippen LogP contribution is 2.23. The summed E-state index contributed by atoms with van der Waals surface area (Å²) in [6.45, 7) is 3.88. The number of fused-ring (bicyclic) bond motifs is 1. The lowest BCUT2D eigenvalue weighted by Gasteiger charge is -2.25. The fourth-order valence-corrected chi connectivity index (χ4v) is 5.40. The van der Waals surface area contributed by atoms with Gasteiger partial charge in [0, 0.05) is 36.9 Å². The number of carbonyl (C=O) groups is 3. The molecular formula is C30H33N9O4. The Hall–Kier alpha value is -5.07. The van der Waals surface area contributed by atoms with Crippen LogP contribution in [0.3, 0.4) is 0 Å². The van der Waals surface area contributed by atoms with Crippen molar-refractivity contribution in [1.29, 1.82) is 0 Å². The summed E-state index contributed by atoms with van der Waals surface area (Å²) in [5.41, 5.74) is 1.69. The van der Waals surface area contributed by atoms with Gasteiger partial charge in [-0.25, -0.2) is 19.6 Å².